The second-order valence-corrected chi connectivity index (χ2v) is 10.9. The Hall–Kier alpha value is -2.75. The first kappa shape index (κ1) is 24.4. The highest BCUT2D eigenvalue weighted by atomic mass is 32.2. The number of rotatable bonds is 9. The normalized spacial score (nSPS) is 19.9. The molecule has 2 aromatic carbocycles. The molecule has 2 aliphatic rings. The number of piperazine rings is 1. The summed E-state index contributed by atoms with van der Waals surface area (Å²) in [5, 5.41) is 2.73. The fourth-order valence-corrected chi connectivity index (χ4v) is 5.82. The fourth-order valence-electron chi connectivity index (χ4n) is 4.48. The zero-order valence-corrected chi connectivity index (χ0v) is 20.1. The Bertz CT molecular complexity index is 1070. The van der Waals surface area contributed by atoms with Gasteiger partial charge in [0, 0.05) is 57.9 Å². The van der Waals surface area contributed by atoms with Crippen molar-refractivity contribution in [3.05, 3.63) is 66.2 Å². The maximum absolute atomic E-state index is 12.8. The van der Waals surface area contributed by atoms with Gasteiger partial charge in [-0.2, -0.15) is 4.31 Å². The summed E-state index contributed by atoms with van der Waals surface area (Å²) in [7, 11) is -3.44. The van der Waals surface area contributed by atoms with Crippen molar-refractivity contribution in [3.8, 4) is 0 Å². The molecule has 34 heavy (non-hydrogen) atoms. The molecule has 0 aromatic heterocycles. The average Bonchev–Trinajstić information content (AvgIpc) is 3.26. The standard InChI is InChI=1S/C25H32N4O4S/c30-24-19-22(20-29(24)23-9-5-2-6-10-23)25(31)26-12-18-34(32,33)28-16-14-27(15-17-28)13-11-21-7-3-1-4-8-21/h1-10,22H,11-20H2,(H,26,31). The molecular weight excluding hydrogens is 452 g/mol. The van der Waals surface area contributed by atoms with Crippen LogP contribution in [0.2, 0.25) is 0 Å². The number of benzene rings is 2. The highest BCUT2D eigenvalue weighted by Crippen LogP contribution is 2.24. The van der Waals surface area contributed by atoms with Gasteiger partial charge in [0.05, 0.1) is 11.7 Å². The lowest BCUT2D eigenvalue weighted by Crippen LogP contribution is -2.50. The Labute approximate surface area is 201 Å². The van der Waals surface area contributed by atoms with Gasteiger partial charge in [0.25, 0.3) is 0 Å². The maximum Gasteiger partial charge on any atom is 0.227 e. The molecule has 1 atom stereocenters. The second kappa shape index (κ2) is 11.1. The van der Waals surface area contributed by atoms with Gasteiger partial charge in [0.15, 0.2) is 0 Å². The molecule has 1 unspecified atom stereocenters. The van der Waals surface area contributed by atoms with E-state index in [-0.39, 0.29) is 30.5 Å². The third-order valence-electron chi connectivity index (χ3n) is 6.51. The molecule has 0 spiro atoms. The van der Waals surface area contributed by atoms with Crippen LogP contribution < -0.4 is 10.2 Å². The van der Waals surface area contributed by atoms with Crippen LogP contribution in [0, 0.1) is 5.92 Å². The summed E-state index contributed by atoms with van der Waals surface area (Å²) >= 11 is 0. The molecule has 0 saturated carbocycles. The van der Waals surface area contributed by atoms with Crippen LogP contribution in [-0.2, 0) is 26.0 Å². The number of nitrogens with zero attached hydrogens (tertiary/aromatic N) is 3. The Balaban J connectivity index is 1.18. The minimum Gasteiger partial charge on any atom is -0.355 e. The van der Waals surface area contributed by atoms with E-state index in [1.54, 1.807) is 4.90 Å². The maximum atomic E-state index is 12.8. The van der Waals surface area contributed by atoms with Crippen molar-refractivity contribution in [2.24, 2.45) is 5.92 Å². The summed E-state index contributed by atoms with van der Waals surface area (Å²) in [5.41, 5.74) is 2.05. The zero-order chi connectivity index (χ0) is 24.0. The molecule has 0 aliphatic carbocycles. The molecule has 2 aliphatic heterocycles. The SMILES string of the molecule is O=C(NCCS(=O)(=O)N1CCN(CCc2ccccc2)CC1)C1CC(=O)N(c2ccccc2)C1. The van der Waals surface area contributed by atoms with Crippen LogP contribution in [0.1, 0.15) is 12.0 Å². The number of sulfonamides is 1. The Morgan fingerprint density at radius 2 is 1.59 bits per heavy atom. The number of hydrogen-bond acceptors (Lipinski definition) is 5. The molecule has 8 nitrogen and oxygen atoms in total. The zero-order valence-electron chi connectivity index (χ0n) is 19.3. The van der Waals surface area contributed by atoms with Gasteiger partial charge in [0.1, 0.15) is 0 Å². The molecule has 0 radical (unpaired) electrons. The lowest BCUT2D eigenvalue weighted by Gasteiger charge is -2.34. The number of amides is 2. The number of anilines is 1. The van der Waals surface area contributed by atoms with Crippen molar-refractivity contribution in [3.63, 3.8) is 0 Å². The van der Waals surface area contributed by atoms with Crippen molar-refractivity contribution in [1.82, 2.24) is 14.5 Å². The highest BCUT2D eigenvalue weighted by molar-refractivity contribution is 7.89. The molecule has 2 aromatic rings. The van der Waals surface area contributed by atoms with E-state index in [1.807, 2.05) is 48.5 Å². The van der Waals surface area contributed by atoms with E-state index < -0.39 is 15.9 Å². The first-order valence-corrected chi connectivity index (χ1v) is 13.4. The minimum atomic E-state index is -3.44. The van der Waals surface area contributed by atoms with Crippen LogP contribution in [0.3, 0.4) is 0 Å². The van der Waals surface area contributed by atoms with E-state index in [0.29, 0.717) is 32.7 Å². The number of carbonyl (C=O) groups excluding carboxylic acids is 2. The largest absolute Gasteiger partial charge is 0.355 e. The Kier molecular flexibility index (Phi) is 7.97. The lowest BCUT2D eigenvalue weighted by atomic mass is 10.1. The summed E-state index contributed by atoms with van der Waals surface area (Å²) in [4.78, 5) is 28.8. The molecule has 2 saturated heterocycles. The minimum absolute atomic E-state index is 0.0470. The predicted molar refractivity (Wildman–Crippen MR) is 132 cm³/mol. The molecule has 2 amide bonds. The molecule has 0 bridgehead atoms. The molecule has 9 heteroatoms. The molecule has 2 heterocycles. The van der Waals surface area contributed by atoms with Crippen molar-refractivity contribution in [2.45, 2.75) is 12.8 Å². The van der Waals surface area contributed by atoms with Gasteiger partial charge in [-0.15, -0.1) is 0 Å². The quantitative estimate of drug-likeness (QED) is 0.580. The Morgan fingerprint density at radius 1 is 0.941 bits per heavy atom. The molecule has 1 N–H and O–H groups in total. The number of hydrogen-bond donors (Lipinski definition) is 1. The van der Waals surface area contributed by atoms with Crippen molar-refractivity contribution in [1.29, 1.82) is 0 Å². The van der Waals surface area contributed by atoms with Crippen molar-refractivity contribution >= 4 is 27.5 Å². The van der Waals surface area contributed by atoms with E-state index in [0.717, 1.165) is 18.7 Å². The van der Waals surface area contributed by atoms with Crippen LogP contribution in [0.15, 0.2) is 60.7 Å². The number of nitrogens with one attached hydrogen (secondary N) is 1. The fraction of sp³-hybridized carbons (Fsp3) is 0.440. The first-order chi connectivity index (χ1) is 16.4. The highest BCUT2D eigenvalue weighted by Gasteiger charge is 2.35. The monoisotopic (exact) mass is 484 g/mol. The summed E-state index contributed by atoms with van der Waals surface area (Å²) in [5.74, 6) is -0.966. The molecule has 4 rings (SSSR count). The van der Waals surface area contributed by atoms with Crippen LogP contribution in [0.4, 0.5) is 5.69 Å². The van der Waals surface area contributed by atoms with E-state index in [2.05, 4.69) is 22.3 Å². The third kappa shape index (κ3) is 6.22. The van der Waals surface area contributed by atoms with Gasteiger partial charge in [-0.25, -0.2) is 8.42 Å². The topological polar surface area (TPSA) is 90.0 Å². The van der Waals surface area contributed by atoms with E-state index in [9.17, 15) is 18.0 Å². The van der Waals surface area contributed by atoms with Gasteiger partial charge in [0.2, 0.25) is 21.8 Å². The van der Waals surface area contributed by atoms with Crippen LogP contribution in [0.5, 0.6) is 0 Å². The van der Waals surface area contributed by atoms with Gasteiger partial charge >= 0.3 is 0 Å². The number of carbonyl (C=O) groups is 2. The van der Waals surface area contributed by atoms with E-state index in [1.165, 1.54) is 9.87 Å². The van der Waals surface area contributed by atoms with Crippen LogP contribution in [-0.4, -0.2) is 81.0 Å². The van der Waals surface area contributed by atoms with E-state index >= 15 is 0 Å². The van der Waals surface area contributed by atoms with Gasteiger partial charge in [-0.1, -0.05) is 48.5 Å². The smallest absolute Gasteiger partial charge is 0.227 e. The van der Waals surface area contributed by atoms with E-state index in [4.69, 9.17) is 0 Å². The third-order valence-corrected chi connectivity index (χ3v) is 8.38. The molecule has 182 valence electrons. The molecular formula is C25H32N4O4S. The summed E-state index contributed by atoms with van der Waals surface area (Å²) in [6.07, 6.45) is 1.09. The summed E-state index contributed by atoms with van der Waals surface area (Å²) in [6.45, 7) is 3.62. The second-order valence-electron chi connectivity index (χ2n) is 8.82. The van der Waals surface area contributed by atoms with Gasteiger partial charge in [-0.3, -0.25) is 9.59 Å². The molecule has 2 fully saturated rings. The Morgan fingerprint density at radius 3 is 2.26 bits per heavy atom. The van der Waals surface area contributed by atoms with Crippen molar-refractivity contribution in [2.75, 3.05) is 56.5 Å². The van der Waals surface area contributed by atoms with Crippen molar-refractivity contribution < 1.29 is 18.0 Å². The predicted octanol–water partition coefficient (Wildman–Crippen LogP) is 1.35. The average molecular weight is 485 g/mol. The summed E-state index contributed by atoms with van der Waals surface area (Å²) in [6, 6.07) is 19.5. The van der Waals surface area contributed by atoms with Crippen LogP contribution in [0.25, 0.3) is 0 Å². The van der Waals surface area contributed by atoms with Gasteiger partial charge < -0.3 is 15.1 Å². The van der Waals surface area contributed by atoms with Gasteiger partial charge in [-0.05, 0) is 24.1 Å². The lowest BCUT2D eigenvalue weighted by molar-refractivity contribution is -0.126. The van der Waals surface area contributed by atoms with Crippen LogP contribution >= 0.6 is 0 Å². The number of para-hydroxylation sites is 1. The summed E-state index contributed by atoms with van der Waals surface area (Å²) < 4.78 is 27.0. The first-order valence-electron chi connectivity index (χ1n) is 11.8.